The second-order valence-electron chi connectivity index (χ2n) is 5.13. The second kappa shape index (κ2) is 7.06. The van der Waals surface area contributed by atoms with Crippen LogP contribution in [-0.2, 0) is 0 Å². The largest absolute Gasteiger partial charge is 0.309 e. The van der Waals surface area contributed by atoms with E-state index in [4.69, 9.17) is 5.10 Å². The third kappa shape index (κ3) is 3.81. The first kappa shape index (κ1) is 14.5. The highest BCUT2D eigenvalue weighted by Gasteiger charge is 2.13. The fourth-order valence-electron chi connectivity index (χ4n) is 2.24. The van der Waals surface area contributed by atoms with Crippen LogP contribution in [0.1, 0.15) is 38.4 Å². The molecule has 0 fully saturated rings. The van der Waals surface area contributed by atoms with Crippen LogP contribution >= 0.6 is 0 Å². The van der Waals surface area contributed by atoms with Gasteiger partial charge >= 0.3 is 0 Å². The topological polar surface area (TPSA) is 29.9 Å². The second-order valence-corrected chi connectivity index (χ2v) is 5.13. The van der Waals surface area contributed by atoms with Crippen LogP contribution in [0.25, 0.3) is 5.69 Å². The summed E-state index contributed by atoms with van der Waals surface area (Å²) in [4.78, 5) is 0. The van der Waals surface area contributed by atoms with Crippen molar-refractivity contribution in [2.45, 2.75) is 32.7 Å². The fourth-order valence-corrected chi connectivity index (χ4v) is 2.24. The molecule has 0 amide bonds. The highest BCUT2D eigenvalue weighted by Crippen LogP contribution is 2.19. The molecule has 3 heteroatoms. The molecular formula is C17H23N3. The van der Waals surface area contributed by atoms with Crippen molar-refractivity contribution in [2.75, 3.05) is 6.54 Å². The van der Waals surface area contributed by atoms with E-state index in [1.165, 1.54) is 5.57 Å². The lowest BCUT2D eigenvalue weighted by Crippen LogP contribution is -2.21. The van der Waals surface area contributed by atoms with Crippen molar-refractivity contribution in [1.82, 2.24) is 15.1 Å². The summed E-state index contributed by atoms with van der Waals surface area (Å²) in [5.41, 5.74) is 3.40. The molecular weight excluding hydrogens is 246 g/mol. The third-order valence-corrected chi connectivity index (χ3v) is 3.30. The number of para-hydroxylation sites is 1. The zero-order chi connectivity index (χ0) is 14.4. The highest BCUT2D eigenvalue weighted by atomic mass is 15.3. The van der Waals surface area contributed by atoms with E-state index in [2.05, 4.69) is 43.9 Å². The average Bonchev–Trinajstić information content (AvgIpc) is 2.94. The van der Waals surface area contributed by atoms with Crippen molar-refractivity contribution in [3.05, 3.63) is 60.4 Å². The number of nitrogens with one attached hydrogen (secondary N) is 1. The molecule has 1 N–H and O–H groups in total. The molecule has 0 spiro atoms. The number of hydrogen-bond donors (Lipinski definition) is 1. The predicted octanol–water partition coefficient (Wildman–Crippen LogP) is 3.88. The quantitative estimate of drug-likeness (QED) is 0.773. The fraction of sp³-hybridized carbons (Fsp3) is 0.353. The van der Waals surface area contributed by atoms with Crippen molar-refractivity contribution < 1.29 is 0 Å². The van der Waals surface area contributed by atoms with Crippen LogP contribution in [0.15, 0.2) is 54.7 Å². The van der Waals surface area contributed by atoms with E-state index in [9.17, 15) is 0 Å². The average molecular weight is 269 g/mol. The van der Waals surface area contributed by atoms with E-state index in [0.29, 0.717) is 6.04 Å². The lowest BCUT2D eigenvalue weighted by Gasteiger charge is -2.15. The molecule has 106 valence electrons. The molecule has 1 aromatic carbocycles. The van der Waals surface area contributed by atoms with Crippen molar-refractivity contribution in [1.29, 1.82) is 0 Å². The summed E-state index contributed by atoms with van der Waals surface area (Å²) in [7, 11) is 0. The maximum Gasteiger partial charge on any atom is 0.0798 e. The first-order valence-corrected chi connectivity index (χ1v) is 7.19. The SMILES string of the molecule is C=C(C)CCC(NCC)c1ccn(-c2ccccc2)n1. The Kier molecular flexibility index (Phi) is 5.13. The molecule has 0 saturated carbocycles. The van der Waals surface area contributed by atoms with Gasteiger partial charge in [0, 0.05) is 6.20 Å². The first-order chi connectivity index (χ1) is 9.70. The van der Waals surface area contributed by atoms with Gasteiger partial charge < -0.3 is 5.32 Å². The van der Waals surface area contributed by atoms with Crippen LogP contribution in [0.4, 0.5) is 0 Å². The Bertz CT molecular complexity index is 542. The minimum atomic E-state index is 0.293. The molecule has 2 rings (SSSR count). The summed E-state index contributed by atoms with van der Waals surface area (Å²) < 4.78 is 1.93. The van der Waals surface area contributed by atoms with Gasteiger partial charge in [-0.05, 0) is 44.5 Å². The maximum absolute atomic E-state index is 4.70. The van der Waals surface area contributed by atoms with E-state index in [1.807, 2.05) is 29.1 Å². The van der Waals surface area contributed by atoms with Crippen molar-refractivity contribution in [2.24, 2.45) is 0 Å². The molecule has 0 bridgehead atoms. The number of allylic oxidation sites excluding steroid dienone is 1. The van der Waals surface area contributed by atoms with Gasteiger partial charge in [0.25, 0.3) is 0 Å². The highest BCUT2D eigenvalue weighted by molar-refractivity contribution is 5.30. The normalized spacial score (nSPS) is 12.3. The van der Waals surface area contributed by atoms with E-state index in [0.717, 1.165) is 30.8 Å². The molecule has 20 heavy (non-hydrogen) atoms. The van der Waals surface area contributed by atoms with Crippen molar-refractivity contribution in [3.63, 3.8) is 0 Å². The molecule has 0 saturated heterocycles. The van der Waals surface area contributed by atoms with Gasteiger partial charge in [0.1, 0.15) is 0 Å². The Morgan fingerprint density at radius 1 is 1.30 bits per heavy atom. The number of rotatable bonds is 7. The number of benzene rings is 1. The summed E-state index contributed by atoms with van der Waals surface area (Å²) in [6, 6.07) is 12.6. The minimum absolute atomic E-state index is 0.293. The number of nitrogens with zero attached hydrogens (tertiary/aromatic N) is 2. The Balaban J connectivity index is 2.14. The molecule has 1 unspecified atom stereocenters. The van der Waals surface area contributed by atoms with E-state index in [-0.39, 0.29) is 0 Å². The Labute approximate surface area is 121 Å². The first-order valence-electron chi connectivity index (χ1n) is 7.19. The molecule has 0 aliphatic heterocycles. The van der Waals surface area contributed by atoms with Crippen molar-refractivity contribution in [3.8, 4) is 5.69 Å². The summed E-state index contributed by atoms with van der Waals surface area (Å²) >= 11 is 0. The van der Waals surface area contributed by atoms with Gasteiger partial charge in [-0.2, -0.15) is 5.10 Å². The lowest BCUT2D eigenvalue weighted by molar-refractivity contribution is 0.499. The van der Waals surface area contributed by atoms with Crippen LogP contribution in [0.5, 0.6) is 0 Å². The Hall–Kier alpha value is -1.87. The molecule has 1 atom stereocenters. The zero-order valence-electron chi connectivity index (χ0n) is 12.3. The maximum atomic E-state index is 4.70. The van der Waals surface area contributed by atoms with Crippen molar-refractivity contribution >= 4 is 0 Å². The van der Waals surface area contributed by atoms with Gasteiger partial charge in [-0.3, -0.25) is 0 Å². The molecule has 1 aromatic heterocycles. The van der Waals surface area contributed by atoms with Crippen LogP contribution < -0.4 is 5.32 Å². The van der Waals surface area contributed by atoms with Gasteiger partial charge in [-0.1, -0.05) is 30.7 Å². The van der Waals surface area contributed by atoms with Gasteiger partial charge in [-0.25, -0.2) is 4.68 Å². The van der Waals surface area contributed by atoms with E-state index < -0.39 is 0 Å². The molecule has 0 aliphatic rings. The van der Waals surface area contributed by atoms with Crippen LogP contribution in [0.2, 0.25) is 0 Å². The van der Waals surface area contributed by atoms with Gasteiger partial charge in [0.15, 0.2) is 0 Å². The summed E-state index contributed by atoms with van der Waals surface area (Å²) in [5.74, 6) is 0. The zero-order valence-corrected chi connectivity index (χ0v) is 12.3. The van der Waals surface area contributed by atoms with Crippen LogP contribution in [-0.4, -0.2) is 16.3 Å². The molecule has 2 aromatic rings. The minimum Gasteiger partial charge on any atom is -0.309 e. The Morgan fingerprint density at radius 3 is 2.70 bits per heavy atom. The molecule has 3 nitrogen and oxygen atoms in total. The van der Waals surface area contributed by atoms with Gasteiger partial charge in [0.05, 0.1) is 17.4 Å². The summed E-state index contributed by atoms with van der Waals surface area (Å²) in [6.07, 6.45) is 4.08. The predicted molar refractivity (Wildman–Crippen MR) is 84.0 cm³/mol. The lowest BCUT2D eigenvalue weighted by atomic mass is 10.1. The van der Waals surface area contributed by atoms with Crippen LogP contribution in [0.3, 0.4) is 0 Å². The summed E-state index contributed by atoms with van der Waals surface area (Å²) in [6.45, 7) is 9.13. The van der Waals surface area contributed by atoms with Gasteiger partial charge in [-0.15, -0.1) is 6.58 Å². The monoisotopic (exact) mass is 269 g/mol. The standard InChI is InChI=1S/C17H23N3/c1-4-18-16(11-10-14(2)3)17-12-13-20(19-17)15-8-6-5-7-9-15/h5-9,12-13,16,18H,2,4,10-11H2,1,3H3. The van der Waals surface area contributed by atoms with Crippen LogP contribution in [0, 0.1) is 0 Å². The number of aromatic nitrogens is 2. The molecule has 1 heterocycles. The molecule has 0 aliphatic carbocycles. The third-order valence-electron chi connectivity index (χ3n) is 3.30. The molecule has 0 radical (unpaired) electrons. The van der Waals surface area contributed by atoms with Gasteiger partial charge in [0.2, 0.25) is 0 Å². The smallest absolute Gasteiger partial charge is 0.0798 e. The summed E-state index contributed by atoms with van der Waals surface area (Å²) in [5, 5.41) is 8.20. The Morgan fingerprint density at radius 2 is 2.05 bits per heavy atom. The van der Waals surface area contributed by atoms with E-state index >= 15 is 0 Å². The number of hydrogen-bond acceptors (Lipinski definition) is 2. The van der Waals surface area contributed by atoms with E-state index in [1.54, 1.807) is 0 Å².